The summed E-state index contributed by atoms with van der Waals surface area (Å²) in [5, 5.41) is 9.44. The van der Waals surface area contributed by atoms with Gasteiger partial charge in [0.1, 0.15) is 5.65 Å². The zero-order valence-corrected chi connectivity index (χ0v) is 11.2. The highest BCUT2D eigenvalue weighted by Gasteiger charge is 2.23. The van der Waals surface area contributed by atoms with Gasteiger partial charge in [-0.15, -0.1) is 0 Å². The number of imidazole rings is 1. The van der Waals surface area contributed by atoms with Crippen LogP contribution in [0.15, 0.2) is 18.3 Å². The van der Waals surface area contributed by atoms with Gasteiger partial charge in [-0.25, -0.2) is 9.78 Å². The number of pyridine rings is 1. The van der Waals surface area contributed by atoms with E-state index in [9.17, 15) is 9.90 Å². The standard InChI is InChI=1S/C14H16N2O4/c1-19-14(18)9-2-3-13-15-11(8-17)12(16(13)7-9)6-10-4-5-20-10/h2-3,7,10,17H,4-6,8H2,1H3. The molecule has 20 heavy (non-hydrogen) atoms. The minimum absolute atomic E-state index is 0.128. The molecular formula is C14H16N2O4. The number of carbonyl (C=O) groups excluding carboxylic acids is 1. The van der Waals surface area contributed by atoms with Crippen molar-refractivity contribution in [3.8, 4) is 0 Å². The van der Waals surface area contributed by atoms with Gasteiger partial charge < -0.3 is 19.0 Å². The third-order valence-corrected chi connectivity index (χ3v) is 3.59. The summed E-state index contributed by atoms with van der Waals surface area (Å²) in [4.78, 5) is 16.0. The van der Waals surface area contributed by atoms with Crippen LogP contribution >= 0.6 is 0 Å². The third kappa shape index (κ3) is 2.17. The highest BCUT2D eigenvalue weighted by atomic mass is 16.5. The first-order valence-corrected chi connectivity index (χ1v) is 6.53. The molecule has 1 N–H and O–H groups in total. The monoisotopic (exact) mass is 276 g/mol. The summed E-state index contributed by atoms with van der Waals surface area (Å²) in [6.07, 6.45) is 3.56. The van der Waals surface area contributed by atoms with E-state index < -0.39 is 5.97 Å². The van der Waals surface area contributed by atoms with Gasteiger partial charge >= 0.3 is 5.97 Å². The lowest BCUT2D eigenvalue weighted by Gasteiger charge is -2.26. The van der Waals surface area contributed by atoms with Crippen LogP contribution in [-0.2, 0) is 22.5 Å². The first-order chi connectivity index (χ1) is 9.72. The van der Waals surface area contributed by atoms with Crippen LogP contribution < -0.4 is 0 Å². The molecular weight excluding hydrogens is 260 g/mol. The Morgan fingerprint density at radius 1 is 1.60 bits per heavy atom. The predicted molar refractivity (Wildman–Crippen MR) is 70.5 cm³/mol. The Bertz CT molecular complexity index is 646. The number of fused-ring (bicyclic) bond motifs is 1. The highest BCUT2D eigenvalue weighted by molar-refractivity contribution is 5.89. The molecule has 0 radical (unpaired) electrons. The van der Waals surface area contributed by atoms with Crippen LogP contribution in [0.4, 0.5) is 0 Å². The molecule has 1 saturated heterocycles. The summed E-state index contributed by atoms with van der Waals surface area (Å²) in [6.45, 7) is 0.653. The van der Waals surface area contributed by atoms with Gasteiger partial charge in [0, 0.05) is 19.2 Å². The number of nitrogens with zero attached hydrogens (tertiary/aromatic N) is 2. The summed E-state index contributed by atoms with van der Waals surface area (Å²) in [7, 11) is 1.35. The van der Waals surface area contributed by atoms with Crippen molar-refractivity contribution in [2.24, 2.45) is 0 Å². The van der Waals surface area contributed by atoms with Gasteiger partial charge in [-0.3, -0.25) is 0 Å². The topological polar surface area (TPSA) is 73.1 Å². The minimum atomic E-state index is -0.392. The summed E-state index contributed by atoms with van der Waals surface area (Å²) in [5.74, 6) is -0.392. The molecule has 1 unspecified atom stereocenters. The van der Waals surface area contributed by atoms with E-state index >= 15 is 0 Å². The molecule has 1 fully saturated rings. The molecule has 3 heterocycles. The van der Waals surface area contributed by atoms with Crippen molar-refractivity contribution in [2.45, 2.75) is 25.6 Å². The van der Waals surface area contributed by atoms with Crippen molar-refractivity contribution in [3.05, 3.63) is 35.3 Å². The van der Waals surface area contributed by atoms with Gasteiger partial charge in [-0.05, 0) is 18.6 Å². The molecule has 6 nitrogen and oxygen atoms in total. The lowest BCUT2D eigenvalue weighted by atomic mass is 10.1. The zero-order chi connectivity index (χ0) is 14.1. The van der Waals surface area contributed by atoms with Gasteiger partial charge in [-0.2, -0.15) is 0 Å². The van der Waals surface area contributed by atoms with Crippen LogP contribution in [0.5, 0.6) is 0 Å². The number of esters is 1. The molecule has 0 aliphatic carbocycles. The van der Waals surface area contributed by atoms with Crippen molar-refractivity contribution in [1.82, 2.24) is 9.38 Å². The molecule has 0 aromatic carbocycles. The average molecular weight is 276 g/mol. The average Bonchev–Trinajstić information content (AvgIpc) is 2.78. The van der Waals surface area contributed by atoms with Crippen LogP contribution in [-0.4, -0.2) is 40.3 Å². The maximum atomic E-state index is 11.6. The van der Waals surface area contributed by atoms with Crippen molar-refractivity contribution in [3.63, 3.8) is 0 Å². The second-order valence-electron chi connectivity index (χ2n) is 4.79. The fourth-order valence-corrected chi connectivity index (χ4v) is 2.38. The molecule has 6 heteroatoms. The Kier molecular flexibility index (Phi) is 3.42. The summed E-state index contributed by atoms with van der Waals surface area (Å²) in [5.41, 5.74) is 2.68. The molecule has 2 aromatic rings. The number of aliphatic hydroxyl groups is 1. The third-order valence-electron chi connectivity index (χ3n) is 3.59. The molecule has 0 bridgehead atoms. The quantitative estimate of drug-likeness (QED) is 0.841. The first-order valence-electron chi connectivity index (χ1n) is 6.53. The van der Waals surface area contributed by atoms with Crippen molar-refractivity contribution >= 4 is 11.6 Å². The molecule has 1 aliphatic heterocycles. The molecule has 0 saturated carbocycles. The van der Waals surface area contributed by atoms with E-state index in [4.69, 9.17) is 9.47 Å². The zero-order valence-electron chi connectivity index (χ0n) is 11.2. The smallest absolute Gasteiger partial charge is 0.339 e. The number of hydrogen-bond donors (Lipinski definition) is 1. The molecule has 2 aromatic heterocycles. The molecule has 0 amide bonds. The van der Waals surface area contributed by atoms with E-state index in [1.807, 2.05) is 4.40 Å². The predicted octanol–water partition coefficient (Wildman–Crippen LogP) is 0.945. The number of methoxy groups -OCH3 is 1. The van der Waals surface area contributed by atoms with Crippen molar-refractivity contribution < 1.29 is 19.4 Å². The Labute approximate surface area is 116 Å². The Morgan fingerprint density at radius 3 is 3.00 bits per heavy atom. The number of carbonyl (C=O) groups is 1. The molecule has 3 rings (SSSR count). The number of hydrogen-bond acceptors (Lipinski definition) is 5. The molecule has 1 atom stereocenters. The summed E-state index contributed by atoms with van der Waals surface area (Å²) < 4.78 is 12.0. The fourth-order valence-electron chi connectivity index (χ4n) is 2.38. The summed E-state index contributed by atoms with van der Waals surface area (Å²) >= 11 is 0. The maximum absolute atomic E-state index is 11.6. The van der Waals surface area contributed by atoms with E-state index in [0.717, 1.165) is 18.7 Å². The first kappa shape index (κ1) is 13.1. The molecule has 106 valence electrons. The summed E-state index contributed by atoms with van der Waals surface area (Å²) in [6, 6.07) is 3.41. The minimum Gasteiger partial charge on any atom is -0.465 e. The van der Waals surface area contributed by atoms with E-state index in [1.54, 1.807) is 18.3 Å². The number of aromatic nitrogens is 2. The van der Waals surface area contributed by atoms with Gasteiger partial charge in [0.15, 0.2) is 0 Å². The van der Waals surface area contributed by atoms with Gasteiger partial charge in [-0.1, -0.05) is 0 Å². The number of ether oxygens (including phenoxy) is 2. The van der Waals surface area contributed by atoms with E-state index in [1.165, 1.54) is 7.11 Å². The van der Waals surface area contributed by atoms with Crippen LogP contribution in [0, 0.1) is 0 Å². The number of aliphatic hydroxyl groups excluding tert-OH is 1. The van der Waals surface area contributed by atoms with Crippen molar-refractivity contribution in [1.29, 1.82) is 0 Å². The number of rotatable bonds is 4. The lowest BCUT2D eigenvalue weighted by molar-refractivity contribution is -0.0499. The Balaban J connectivity index is 2.05. The maximum Gasteiger partial charge on any atom is 0.339 e. The van der Waals surface area contributed by atoms with Crippen LogP contribution in [0.1, 0.15) is 28.2 Å². The Hall–Kier alpha value is -1.92. The van der Waals surface area contributed by atoms with E-state index in [2.05, 4.69) is 4.98 Å². The van der Waals surface area contributed by atoms with Gasteiger partial charge in [0.2, 0.25) is 0 Å². The molecule has 1 aliphatic rings. The SMILES string of the molecule is COC(=O)c1ccc2nc(CO)c(CC3CCO3)n2c1. The van der Waals surface area contributed by atoms with Gasteiger partial charge in [0.25, 0.3) is 0 Å². The van der Waals surface area contributed by atoms with E-state index in [0.29, 0.717) is 23.3 Å². The second-order valence-corrected chi connectivity index (χ2v) is 4.79. The van der Waals surface area contributed by atoms with Crippen molar-refractivity contribution in [2.75, 3.05) is 13.7 Å². The van der Waals surface area contributed by atoms with Crippen LogP contribution in [0.2, 0.25) is 0 Å². The highest BCUT2D eigenvalue weighted by Crippen LogP contribution is 2.21. The Morgan fingerprint density at radius 2 is 2.40 bits per heavy atom. The second kappa shape index (κ2) is 5.22. The molecule has 0 spiro atoms. The van der Waals surface area contributed by atoms with E-state index in [-0.39, 0.29) is 12.7 Å². The van der Waals surface area contributed by atoms with Crippen LogP contribution in [0.25, 0.3) is 5.65 Å². The largest absolute Gasteiger partial charge is 0.465 e. The normalized spacial score (nSPS) is 18.0. The van der Waals surface area contributed by atoms with Gasteiger partial charge in [0.05, 0.1) is 36.8 Å². The fraction of sp³-hybridized carbons (Fsp3) is 0.429. The van der Waals surface area contributed by atoms with Crippen LogP contribution in [0.3, 0.4) is 0 Å². The lowest BCUT2D eigenvalue weighted by Crippen LogP contribution is -2.29.